The Morgan fingerprint density at radius 1 is 1.33 bits per heavy atom. The van der Waals surface area contributed by atoms with Crippen molar-refractivity contribution in [1.82, 2.24) is 14.9 Å². The molecular weight excluding hydrogens is 262 g/mol. The second-order valence-electron chi connectivity index (χ2n) is 5.64. The summed E-state index contributed by atoms with van der Waals surface area (Å²) in [6.45, 7) is 4.95. The number of para-hydroxylation sites is 2. The number of hydrogen-bond donors (Lipinski definition) is 1. The quantitative estimate of drug-likeness (QED) is 0.755. The first-order valence-corrected chi connectivity index (χ1v) is 7.90. The van der Waals surface area contributed by atoms with Crippen LogP contribution in [-0.2, 0) is 11.3 Å². The number of nitrogens with one attached hydrogen (secondary N) is 1. The third-order valence-corrected chi connectivity index (χ3v) is 3.76. The zero-order valence-electron chi connectivity index (χ0n) is 13.0. The van der Waals surface area contributed by atoms with Crippen LogP contribution in [0.4, 0.5) is 0 Å². The van der Waals surface area contributed by atoms with Crippen LogP contribution in [0.15, 0.2) is 30.6 Å². The van der Waals surface area contributed by atoms with Crippen LogP contribution in [0.25, 0.3) is 11.0 Å². The van der Waals surface area contributed by atoms with Gasteiger partial charge in [0.15, 0.2) is 0 Å². The first-order valence-electron chi connectivity index (χ1n) is 7.90. The van der Waals surface area contributed by atoms with Gasteiger partial charge in [0.2, 0.25) is 5.91 Å². The lowest BCUT2D eigenvalue weighted by molar-refractivity contribution is -0.121. The van der Waals surface area contributed by atoms with Crippen LogP contribution in [0.2, 0.25) is 0 Å². The number of hydrogen-bond acceptors (Lipinski definition) is 2. The first-order chi connectivity index (χ1) is 10.2. The van der Waals surface area contributed by atoms with Gasteiger partial charge in [-0.15, -0.1) is 0 Å². The van der Waals surface area contributed by atoms with Crippen LogP contribution >= 0.6 is 0 Å². The molecule has 0 aliphatic carbocycles. The van der Waals surface area contributed by atoms with Crippen LogP contribution < -0.4 is 5.32 Å². The number of unbranched alkanes of at least 4 members (excludes halogenated alkanes) is 2. The first kappa shape index (κ1) is 15.5. The summed E-state index contributed by atoms with van der Waals surface area (Å²) in [6.07, 6.45) is 7.01. The number of nitrogens with zero attached hydrogens (tertiary/aromatic N) is 2. The molecule has 0 saturated carbocycles. The highest BCUT2D eigenvalue weighted by Gasteiger charge is 2.08. The minimum absolute atomic E-state index is 0.122. The summed E-state index contributed by atoms with van der Waals surface area (Å²) in [4.78, 5) is 16.3. The van der Waals surface area contributed by atoms with E-state index in [1.807, 2.05) is 35.2 Å². The fourth-order valence-electron chi connectivity index (χ4n) is 2.53. The molecule has 2 aromatic rings. The van der Waals surface area contributed by atoms with Crippen molar-refractivity contribution in [2.24, 2.45) is 0 Å². The molecule has 1 N–H and O–H groups in total. The molecule has 0 aliphatic rings. The largest absolute Gasteiger partial charge is 0.354 e. The lowest BCUT2D eigenvalue weighted by Gasteiger charge is -2.13. The molecule has 0 bridgehead atoms. The maximum absolute atomic E-state index is 12.0. The van der Waals surface area contributed by atoms with Gasteiger partial charge < -0.3 is 9.88 Å². The molecule has 0 aliphatic heterocycles. The SMILES string of the molecule is CCCCCC(C)NC(=O)CCn1cnc2ccccc21. The van der Waals surface area contributed by atoms with E-state index < -0.39 is 0 Å². The van der Waals surface area contributed by atoms with Gasteiger partial charge in [0.05, 0.1) is 17.4 Å². The van der Waals surface area contributed by atoms with Crippen LogP contribution in [0, 0.1) is 0 Å². The number of aromatic nitrogens is 2. The average Bonchev–Trinajstić information content (AvgIpc) is 2.88. The molecule has 0 spiro atoms. The Morgan fingerprint density at radius 3 is 2.95 bits per heavy atom. The second-order valence-corrected chi connectivity index (χ2v) is 5.64. The van der Waals surface area contributed by atoms with Crippen LogP contribution in [-0.4, -0.2) is 21.5 Å². The number of carbonyl (C=O) groups excluding carboxylic acids is 1. The van der Waals surface area contributed by atoms with E-state index in [-0.39, 0.29) is 11.9 Å². The summed E-state index contributed by atoms with van der Waals surface area (Å²) in [5.41, 5.74) is 2.06. The van der Waals surface area contributed by atoms with Gasteiger partial charge in [0.1, 0.15) is 0 Å². The van der Waals surface area contributed by atoms with Crippen molar-refractivity contribution in [3.05, 3.63) is 30.6 Å². The fraction of sp³-hybridized carbons (Fsp3) is 0.529. The molecule has 21 heavy (non-hydrogen) atoms. The van der Waals surface area contributed by atoms with Gasteiger partial charge >= 0.3 is 0 Å². The van der Waals surface area contributed by atoms with Crippen LogP contribution in [0.5, 0.6) is 0 Å². The molecule has 4 heteroatoms. The van der Waals surface area contributed by atoms with Gasteiger partial charge in [-0.1, -0.05) is 38.3 Å². The standard InChI is InChI=1S/C17H25N3O/c1-3-4-5-8-14(2)19-17(21)11-12-20-13-18-15-9-6-7-10-16(15)20/h6-7,9-10,13-14H,3-5,8,11-12H2,1-2H3,(H,19,21). The van der Waals surface area contributed by atoms with E-state index in [1.54, 1.807) is 0 Å². The minimum Gasteiger partial charge on any atom is -0.354 e. The van der Waals surface area contributed by atoms with E-state index in [2.05, 4.69) is 24.1 Å². The van der Waals surface area contributed by atoms with Gasteiger partial charge in [0.25, 0.3) is 0 Å². The number of aryl methyl sites for hydroxylation is 1. The zero-order chi connectivity index (χ0) is 15.1. The van der Waals surface area contributed by atoms with E-state index in [9.17, 15) is 4.79 Å². The highest BCUT2D eigenvalue weighted by molar-refractivity contribution is 5.77. The lowest BCUT2D eigenvalue weighted by Crippen LogP contribution is -2.32. The number of benzene rings is 1. The van der Waals surface area contributed by atoms with E-state index in [0.29, 0.717) is 13.0 Å². The van der Waals surface area contributed by atoms with Gasteiger partial charge in [-0.2, -0.15) is 0 Å². The Balaban J connectivity index is 1.78. The Morgan fingerprint density at radius 2 is 2.14 bits per heavy atom. The molecule has 0 saturated heterocycles. The maximum Gasteiger partial charge on any atom is 0.221 e. The lowest BCUT2D eigenvalue weighted by atomic mass is 10.1. The predicted molar refractivity (Wildman–Crippen MR) is 86.1 cm³/mol. The molecule has 1 aromatic carbocycles. The van der Waals surface area contributed by atoms with Gasteiger partial charge in [-0.05, 0) is 25.5 Å². The van der Waals surface area contributed by atoms with Crippen molar-refractivity contribution in [2.75, 3.05) is 0 Å². The molecule has 1 atom stereocenters. The van der Waals surface area contributed by atoms with Gasteiger partial charge in [-0.3, -0.25) is 4.79 Å². The number of carbonyl (C=O) groups is 1. The molecule has 1 unspecified atom stereocenters. The van der Waals surface area contributed by atoms with Gasteiger partial charge in [-0.25, -0.2) is 4.98 Å². The molecular formula is C17H25N3O. The summed E-state index contributed by atoms with van der Waals surface area (Å²) in [6, 6.07) is 8.26. The van der Waals surface area contributed by atoms with E-state index in [0.717, 1.165) is 17.5 Å². The number of imidazole rings is 1. The summed E-state index contributed by atoms with van der Waals surface area (Å²) < 4.78 is 2.04. The summed E-state index contributed by atoms with van der Waals surface area (Å²) in [5.74, 6) is 0.122. The third kappa shape index (κ3) is 4.59. The Hall–Kier alpha value is -1.84. The van der Waals surface area contributed by atoms with Crippen LogP contribution in [0.1, 0.15) is 46.0 Å². The van der Waals surface area contributed by atoms with E-state index in [4.69, 9.17) is 0 Å². The maximum atomic E-state index is 12.0. The molecule has 0 fully saturated rings. The average molecular weight is 287 g/mol. The topological polar surface area (TPSA) is 46.9 Å². The van der Waals surface area contributed by atoms with E-state index >= 15 is 0 Å². The van der Waals surface area contributed by atoms with Crippen molar-refractivity contribution in [1.29, 1.82) is 0 Å². The zero-order valence-corrected chi connectivity index (χ0v) is 13.0. The van der Waals surface area contributed by atoms with Crippen molar-refractivity contribution >= 4 is 16.9 Å². The third-order valence-electron chi connectivity index (χ3n) is 3.76. The van der Waals surface area contributed by atoms with Crippen molar-refractivity contribution in [3.8, 4) is 0 Å². The van der Waals surface area contributed by atoms with Crippen LogP contribution in [0.3, 0.4) is 0 Å². The molecule has 4 nitrogen and oxygen atoms in total. The Kier molecular flexibility index (Phi) is 5.78. The van der Waals surface area contributed by atoms with Crippen molar-refractivity contribution in [3.63, 3.8) is 0 Å². The highest BCUT2D eigenvalue weighted by atomic mass is 16.1. The molecule has 114 valence electrons. The predicted octanol–water partition coefficient (Wildman–Crippen LogP) is 3.51. The number of amides is 1. The molecule has 1 amide bonds. The van der Waals surface area contributed by atoms with Crippen molar-refractivity contribution < 1.29 is 4.79 Å². The summed E-state index contributed by atoms with van der Waals surface area (Å²) in [5, 5.41) is 3.08. The number of fused-ring (bicyclic) bond motifs is 1. The Bertz CT molecular complexity index is 576. The fourth-order valence-corrected chi connectivity index (χ4v) is 2.53. The monoisotopic (exact) mass is 287 g/mol. The molecule has 1 heterocycles. The van der Waals surface area contributed by atoms with Crippen molar-refractivity contribution in [2.45, 2.75) is 58.5 Å². The molecule has 0 radical (unpaired) electrons. The molecule has 1 aromatic heterocycles. The molecule has 2 rings (SSSR count). The summed E-state index contributed by atoms with van der Waals surface area (Å²) in [7, 11) is 0. The van der Waals surface area contributed by atoms with Gasteiger partial charge in [0, 0.05) is 19.0 Å². The second kappa shape index (κ2) is 7.81. The highest BCUT2D eigenvalue weighted by Crippen LogP contribution is 2.12. The summed E-state index contributed by atoms with van der Waals surface area (Å²) >= 11 is 0. The number of rotatable bonds is 8. The van der Waals surface area contributed by atoms with E-state index in [1.165, 1.54) is 19.3 Å². The normalized spacial score (nSPS) is 12.5. The minimum atomic E-state index is 0.122. The smallest absolute Gasteiger partial charge is 0.221 e. The Labute approximate surface area is 126 Å².